The highest BCUT2D eigenvalue weighted by molar-refractivity contribution is 9.10. The van der Waals surface area contributed by atoms with Crippen LogP contribution < -0.4 is 5.32 Å². The molecule has 1 unspecified atom stereocenters. The number of hydrogen-bond acceptors (Lipinski definition) is 6. The molecule has 0 spiro atoms. The molecule has 1 aliphatic heterocycles. The second-order valence-electron chi connectivity index (χ2n) is 7.92. The first-order valence-electron chi connectivity index (χ1n) is 10.9. The Morgan fingerprint density at radius 3 is 2.36 bits per heavy atom. The first-order valence-corrected chi connectivity index (χ1v) is 11.7. The van der Waals surface area contributed by atoms with Crippen molar-refractivity contribution in [3.8, 4) is 0 Å². The van der Waals surface area contributed by atoms with Gasteiger partial charge in [-0.05, 0) is 43.6 Å². The van der Waals surface area contributed by atoms with Crippen LogP contribution in [0.4, 0.5) is 10.5 Å². The van der Waals surface area contributed by atoms with E-state index in [1.165, 1.54) is 0 Å². The molecular formula is C21H30BrN7O4. The summed E-state index contributed by atoms with van der Waals surface area (Å²) in [6.07, 6.45) is 3.43. The Bertz CT molecular complexity index is 991. The highest BCUT2D eigenvalue weighted by Gasteiger charge is 2.29. The van der Waals surface area contributed by atoms with Crippen LogP contribution in [0.5, 0.6) is 0 Å². The quantitative estimate of drug-likeness (QED) is 0.595. The van der Waals surface area contributed by atoms with Gasteiger partial charge in [0.15, 0.2) is 0 Å². The second-order valence-corrected chi connectivity index (χ2v) is 8.77. The fourth-order valence-electron chi connectivity index (χ4n) is 3.54. The minimum absolute atomic E-state index is 0.0847. The Labute approximate surface area is 201 Å². The summed E-state index contributed by atoms with van der Waals surface area (Å²) in [5.74, 6) is -0.241. The van der Waals surface area contributed by atoms with Gasteiger partial charge in [0.05, 0.1) is 28.2 Å². The topological polar surface area (TPSA) is 115 Å². The number of aryl methyl sites for hydroxylation is 3. The van der Waals surface area contributed by atoms with Crippen LogP contribution >= 0.6 is 15.9 Å². The summed E-state index contributed by atoms with van der Waals surface area (Å²) in [7, 11) is 0. The van der Waals surface area contributed by atoms with Gasteiger partial charge in [0, 0.05) is 51.5 Å². The molecule has 0 aliphatic carbocycles. The fraction of sp³-hybridized carbons (Fsp3) is 0.571. The number of carbonyl (C=O) groups excluding carboxylic acids is 3. The van der Waals surface area contributed by atoms with Crippen molar-refractivity contribution in [3.63, 3.8) is 0 Å². The molecule has 12 heteroatoms. The van der Waals surface area contributed by atoms with E-state index in [1.54, 1.807) is 46.1 Å². The summed E-state index contributed by atoms with van der Waals surface area (Å²) in [4.78, 5) is 40.5. The lowest BCUT2D eigenvalue weighted by molar-refractivity contribution is -0.136. The van der Waals surface area contributed by atoms with Crippen LogP contribution in [-0.2, 0) is 20.9 Å². The van der Waals surface area contributed by atoms with E-state index in [1.807, 2.05) is 13.1 Å². The van der Waals surface area contributed by atoms with E-state index < -0.39 is 6.04 Å². The summed E-state index contributed by atoms with van der Waals surface area (Å²) in [5.41, 5.74) is 2.07. The molecule has 0 aromatic carbocycles. The molecule has 3 amide bonds. The number of hydrogen-bond donors (Lipinski definition) is 1. The highest BCUT2D eigenvalue weighted by Crippen LogP contribution is 2.19. The minimum Gasteiger partial charge on any atom is -0.450 e. The van der Waals surface area contributed by atoms with Gasteiger partial charge in [-0.25, -0.2) is 4.79 Å². The average Bonchev–Trinajstić information content (AvgIpc) is 3.32. The summed E-state index contributed by atoms with van der Waals surface area (Å²) in [6, 6.07) is -0.534. The Morgan fingerprint density at radius 1 is 1.09 bits per heavy atom. The zero-order chi connectivity index (χ0) is 24.1. The monoisotopic (exact) mass is 523 g/mol. The maximum Gasteiger partial charge on any atom is 0.409 e. The van der Waals surface area contributed by atoms with Crippen molar-refractivity contribution in [2.75, 3.05) is 38.1 Å². The molecule has 33 heavy (non-hydrogen) atoms. The normalized spacial score (nSPS) is 14.8. The lowest BCUT2D eigenvalue weighted by Gasteiger charge is -2.35. The fourth-order valence-corrected chi connectivity index (χ4v) is 3.86. The smallest absolute Gasteiger partial charge is 0.409 e. The zero-order valence-corrected chi connectivity index (χ0v) is 21.0. The van der Waals surface area contributed by atoms with E-state index in [-0.39, 0.29) is 24.3 Å². The molecule has 1 N–H and O–H groups in total. The summed E-state index contributed by atoms with van der Waals surface area (Å²) < 4.78 is 9.21. The van der Waals surface area contributed by atoms with Gasteiger partial charge in [-0.15, -0.1) is 0 Å². The Hall–Kier alpha value is -2.89. The van der Waals surface area contributed by atoms with Gasteiger partial charge in [-0.3, -0.25) is 19.0 Å². The van der Waals surface area contributed by atoms with Crippen molar-refractivity contribution >= 4 is 39.5 Å². The van der Waals surface area contributed by atoms with Gasteiger partial charge in [0.1, 0.15) is 6.04 Å². The van der Waals surface area contributed by atoms with Crippen molar-refractivity contribution < 1.29 is 19.1 Å². The van der Waals surface area contributed by atoms with Crippen LogP contribution in [0.1, 0.15) is 37.7 Å². The van der Waals surface area contributed by atoms with E-state index in [9.17, 15) is 14.4 Å². The standard InChI is InChI=1S/C21H30BrN7O4/c1-5-33-21(32)27-10-8-26(9-11-27)20(31)16(4)29-13-18(15(3)25-29)23-19(30)6-7-28-12-17(22)14(2)24-28/h12-13,16H,5-11H2,1-4H3,(H,23,30). The molecule has 3 rings (SSSR count). The lowest BCUT2D eigenvalue weighted by Crippen LogP contribution is -2.52. The predicted molar refractivity (Wildman–Crippen MR) is 125 cm³/mol. The van der Waals surface area contributed by atoms with Crippen LogP contribution in [0, 0.1) is 13.8 Å². The van der Waals surface area contributed by atoms with E-state index in [4.69, 9.17) is 4.74 Å². The molecule has 2 aromatic heterocycles. The number of carbonyl (C=O) groups is 3. The lowest BCUT2D eigenvalue weighted by atomic mass is 10.2. The third-order valence-electron chi connectivity index (χ3n) is 5.52. The highest BCUT2D eigenvalue weighted by atomic mass is 79.9. The molecule has 1 saturated heterocycles. The molecule has 0 bridgehead atoms. The third-order valence-corrected chi connectivity index (χ3v) is 6.30. The average molecular weight is 524 g/mol. The zero-order valence-electron chi connectivity index (χ0n) is 19.4. The second kappa shape index (κ2) is 10.8. The summed E-state index contributed by atoms with van der Waals surface area (Å²) in [6.45, 7) is 9.75. The van der Waals surface area contributed by atoms with Gasteiger partial charge in [-0.2, -0.15) is 10.2 Å². The molecule has 11 nitrogen and oxygen atoms in total. The first-order chi connectivity index (χ1) is 15.7. The Morgan fingerprint density at radius 2 is 1.76 bits per heavy atom. The number of piperazine rings is 1. The Balaban J connectivity index is 1.53. The van der Waals surface area contributed by atoms with Gasteiger partial charge in [0.2, 0.25) is 11.8 Å². The number of anilines is 1. The molecule has 2 aromatic rings. The number of ether oxygens (including phenoxy) is 1. The maximum atomic E-state index is 13.0. The molecule has 1 atom stereocenters. The molecule has 0 saturated carbocycles. The molecule has 1 fully saturated rings. The van der Waals surface area contributed by atoms with E-state index >= 15 is 0 Å². The van der Waals surface area contributed by atoms with Crippen molar-refractivity contribution in [1.82, 2.24) is 29.4 Å². The van der Waals surface area contributed by atoms with Crippen molar-refractivity contribution in [2.24, 2.45) is 0 Å². The van der Waals surface area contributed by atoms with Crippen LogP contribution in [0.25, 0.3) is 0 Å². The van der Waals surface area contributed by atoms with Crippen LogP contribution in [-0.4, -0.2) is 80.1 Å². The number of nitrogens with zero attached hydrogens (tertiary/aromatic N) is 6. The predicted octanol–water partition coefficient (Wildman–Crippen LogP) is 2.35. The summed E-state index contributed by atoms with van der Waals surface area (Å²) in [5, 5.41) is 11.6. The Kier molecular flexibility index (Phi) is 8.11. The molecule has 0 radical (unpaired) electrons. The van der Waals surface area contributed by atoms with Gasteiger partial charge in [0.25, 0.3) is 0 Å². The van der Waals surface area contributed by atoms with Crippen molar-refractivity contribution in [2.45, 2.75) is 46.7 Å². The molecule has 3 heterocycles. The number of halogens is 1. The number of aromatic nitrogens is 4. The van der Waals surface area contributed by atoms with Crippen LogP contribution in [0.15, 0.2) is 16.9 Å². The van der Waals surface area contributed by atoms with Gasteiger partial charge in [-0.1, -0.05) is 0 Å². The number of nitrogens with one attached hydrogen (secondary N) is 1. The maximum absolute atomic E-state index is 13.0. The minimum atomic E-state index is -0.534. The van der Waals surface area contributed by atoms with Crippen molar-refractivity contribution in [1.29, 1.82) is 0 Å². The van der Waals surface area contributed by atoms with E-state index in [2.05, 4.69) is 31.4 Å². The van der Waals surface area contributed by atoms with E-state index in [0.29, 0.717) is 50.7 Å². The number of rotatable bonds is 7. The SMILES string of the molecule is CCOC(=O)N1CCN(C(=O)C(C)n2cc(NC(=O)CCn3cc(Br)c(C)n3)c(C)n2)CC1. The molecule has 180 valence electrons. The van der Waals surface area contributed by atoms with Crippen LogP contribution in [0.2, 0.25) is 0 Å². The van der Waals surface area contributed by atoms with Crippen LogP contribution in [0.3, 0.4) is 0 Å². The van der Waals surface area contributed by atoms with E-state index in [0.717, 1.165) is 10.2 Å². The van der Waals surface area contributed by atoms with Crippen molar-refractivity contribution in [3.05, 3.63) is 28.3 Å². The first kappa shape index (κ1) is 24.7. The van der Waals surface area contributed by atoms with Gasteiger partial charge >= 0.3 is 6.09 Å². The third kappa shape index (κ3) is 6.12. The van der Waals surface area contributed by atoms with Gasteiger partial charge < -0.3 is 19.9 Å². The largest absolute Gasteiger partial charge is 0.450 e. The number of amides is 3. The molecular weight excluding hydrogens is 494 g/mol. The summed E-state index contributed by atoms with van der Waals surface area (Å²) >= 11 is 3.41. The molecule has 1 aliphatic rings.